The molecule has 0 bridgehead atoms. The van der Waals surface area contributed by atoms with Crippen molar-refractivity contribution in [3.05, 3.63) is 33.8 Å². The second-order valence-corrected chi connectivity index (χ2v) is 7.12. The Labute approximate surface area is 118 Å². The molecule has 18 heavy (non-hydrogen) atoms. The maximum atomic E-state index is 11.8. The van der Waals surface area contributed by atoms with Crippen LogP contribution >= 0.6 is 23.2 Å². The molecule has 0 saturated heterocycles. The number of aliphatic hydroxyl groups excluding tert-OH is 1. The van der Waals surface area contributed by atoms with Gasteiger partial charge in [-0.05, 0) is 30.5 Å². The lowest BCUT2D eigenvalue weighted by atomic mass is 10.2. The molecule has 0 amide bonds. The standard InChI is InChI=1S/C12H16Cl2O3S/c13-11-5-4-10(8-12(11)14)9-18(16,17)7-3-1-2-6-15/h4-5,8,15H,1-3,6-7,9H2. The molecule has 6 heteroatoms. The van der Waals surface area contributed by atoms with E-state index >= 15 is 0 Å². The first-order valence-corrected chi connectivity index (χ1v) is 8.27. The topological polar surface area (TPSA) is 54.4 Å². The second-order valence-electron chi connectivity index (χ2n) is 4.12. The first-order chi connectivity index (χ1) is 8.44. The number of unbranched alkanes of at least 4 members (excludes halogenated alkanes) is 2. The smallest absolute Gasteiger partial charge is 0.154 e. The molecule has 0 spiro atoms. The van der Waals surface area contributed by atoms with Gasteiger partial charge < -0.3 is 5.11 Å². The van der Waals surface area contributed by atoms with E-state index in [4.69, 9.17) is 28.3 Å². The second kappa shape index (κ2) is 7.34. The lowest BCUT2D eigenvalue weighted by Crippen LogP contribution is -2.09. The Kier molecular flexibility index (Phi) is 6.43. The maximum absolute atomic E-state index is 11.8. The minimum absolute atomic E-state index is 0.0248. The highest BCUT2D eigenvalue weighted by molar-refractivity contribution is 7.90. The Bertz CT molecular complexity index is 486. The summed E-state index contributed by atoms with van der Waals surface area (Å²) in [5.41, 5.74) is 0.645. The summed E-state index contributed by atoms with van der Waals surface area (Å²) in [6.07, 6.45) is 1.93. The lowest BCUT2D eigenvalue weighted by Gasteiger charge is -2.05. The number of benzene rings is 1. The number of aliphatic hydroxyl groups is 1. The van der Waals surface area contributed by atoms with Crippen molar-refractivity contribution in [1.29, 1.82) is 0 Å². The van der Waals surface area contributed by atoms with E-state index in [0.29, 0.717) is 28.5 Å². The Hall–Kier alpha value is -0.290. The third kappa shape index (κ3) is 5.57. The van der Waals surface area contributed by atoms with Crippen molar-refractivity contribution in [3.8, 4) is 0 Å². The number of hydrogen-bond donors (Lipinski definition) is 1. The number of rotatable bonds is 7. The predicted molar refractivity (Wildman–Crippen MR) is 74.9 cm³/mol. The summed E-state index contributed by atoms with van der Waals surface area (Å²) in [6, 6.07) is 4.84. The highest BCUT2D eigenvalue weighted by Gasteiger charge is 2.12. The van der Waals surface area contributed by atoms with E-state index in [-0.39, 0.29) is 18.1 Å². The van der Waals surface area contributed by atoms with Gasteiger partial charge in [0.2, 0.25) is 0 Å². The van der Waals surface area contributed by atoms with Gasteiger partial charge in [-0.3, -0.25) is 0 Å². The average Bonchev–Trinajstić information content (AvgIpc) is 2.29. The summed E-state index contributed by atoms with van der Waals surface area (Å²) in [7, 11) is -3.13. The van der Waals surface area contributed by atoms with Crippen LogP contribution < -0.4 is 0 Å². The molecule has 0 unspecified atom stereocenters. The van der Waals surface area contributed by atoms with Crippen LogP contribution in [0.15, 0.2) is 18.2 Å². The molecule has 1 rings (SSSR count). The fraction of sp³-hybridized carbons (Fsp3) is 0.500. The van der Waals surface area contributed by atoms with E-state index in [0.717, 1.165) is 6.42 Å². The van der Waals surface area contributed by atoms with E-state index in [1.165, 1.54) is 0 Å². The fourth-order valence-corrected chi connectivity index (χ4v) is 3.36. The molecule has 0 aliphatic rings. The fourth-order valence-electron chi connectivity index (χ4n) is 1.57. The van der Waals surface area contributed by atoms with Crippen LogP contribution in [-0.2, 0) is 15.6 Å². The average molecular weight is 311 g/mol. The number of hydrogen-bond acceptors (Lipinski definition) is 3. The zero-order valence-corrected chi connectivity index (χ0v) is 12.2. The Balaban J connectivity index is 2.56. The molecule has 0 aromatic heterocycles. The van der Waals surface area contributed by atoms with Crippen molar-refractivity contribution in [3.63, 3.8) is 0 Å². The molecule has 1 aromatic rings. The molecule has 102 valence electrons. The Morgan fingerprint density at radius 1 is 1.06 bits per heavy atom. The largest absolute Gasteiger partial charge is 0.396 e. The van der Waals surface area contributed by atoms with Gasteiger partial charge in [0.15, 0.2) is 9.84 Å². The zero-order valence-electron chi connectivity index (χ0n) is 9.90. The van der Waals surface area contributed by atoms with Crippen molar-refractivity contribution < 1.29 is 13.5 Å². The highest BCUT2D eigenvalue weighted by Crippen LogP contribution is 2.23. The molecule has 0 heterocycles. The van der Waals surface area contributed by atoms with Crippen molar-refractivity contribution in [2.45, 2.75) is 25.0 Å². The van der Waals surface area contributed by atoms with Crippen molar-refractivity contribution in [2.75, 3.05) is 12.4 Å². The van der Waals surface area contributed by atoms with Gasteiger partial charge in [0.1, 0.15) is 0 Å². The van der Waals surface area contributed by atoms with Crippen LogP contribution in [0.3, 0.4) is 0 Å². The summed E-state index contributed by atoms with van der Waals surface area (Å²) in [5, 5.41) is 9.39. The summed E-state index contributed by atoms with van der Waals surface area (Å²) in [6.45, 7) is 0.104. The van der Waals surface area contributed by atoms with Crippen LogP contribution in [0, 0.1) is 0 Å². The first kappa shape index (κ1) is 15.8. The molecule has 0 aliphatic carbocycles. The van der Waals surface area contributed by atoms with Crippen LogP contribution in [0.5, 0.6) is 0 Å². The molecule has 0 fully saturated rings. The van der Waals surface area contributed by atoms with Crippen LogP contribution in [0.4, 0.5) is 0 Å². The van der Waals surface area contributed by atoms with E-state index in [9.17, 15) is 8.42 Å². The van der Waals surface area contributed by atoms with Gasteiger partial charge in [-0.15, -0.1) is 0 Å². The summed E-state index contributed by atoms with van der Waals surface area (Å²) >= 11 is 11.6. The highest BCUT2D eigenvalue weighted by atomic mass is 35.5. The van der Waals surface area contributed by atoms with Crippen molar-refractivity contribution >= 4 is 33.0 Å². The van der Waals surface area contributed by atoms with Crippen molar-refractivity contribution in [2.24, 2.45) is 0 Å². The van der Waals surface area contributed by atoms with Gasteiger partial charge in [0.25, 0.3) is 0 Å². The lowest BCUT2D eigenvalue weighted by molar-refractivity contribution is 0.284. The van der Waals surface area contributed by atoms with Gasteiger partial charge in [-0.1, -0.05) is 35.7 Å². The predicted octanol–water partition coefficient (Wildman–Crippen LogP) is 3.07. The van der Waals surface area contributed by atoms with Gasteiger partial charge in [-0.2, -0.15) is 0 Å². The summed E-state index contributed by atoms with van der Waals surface area (Å²) in [4.78, 5) is 0. The molecular formula is C12H16Cl2O3S. The third-order valence-electron chi connectivity index (χ3n) is 2.48. The van der Waals surface area contributed by atoms with Crippen LogP contribution in [-0.4, -0.2) is 25.9 Å². The molecule has 0 saturated carbocycles. The quantitative estimate of drug-likeness (QED) is 0.787. The van der Waals surface area contributed by atoms with Gasteiger partial charge in [0.05, 0.1) is 21.6 Å². The van der Waals surface area contributed by atoms with E-state index < -0.39 is 9.84 Å². The SMILES string of the molecule is O=S(=O)(CCCCCO)Cc1ccc(Cl)c(Cl)c1. The molecule has 1 N–H and O–H groups in total. The third-order valence-corrected chi connectivity index (χ3v) is 4.91. The molecule has 0 atom stereocenters. The van der Waals surface area contributed by atoms with Crippen LogP contribution in [0.1, 0.15) is 24.8 Å². The van der Waals surface area contributed by atoms with Gasteiger partial charge in [0, 0.05) is 6.61 Å². The van der Waals surface area contributed by atoms with E-state index in [2.05, 4.69) is 0 Å². The molecule has 3 nitrogen and oxygen atoms in total. The van der Waals surface area contributed by atoms with Crippen LogP contribution in [0.2, 0.25) is 10.0 Å². The Morgan fingerprint density at radius 2 is 1.78 bits per heavy atom. The normalized spacial score (nSPS) is 11.7. The monoisotopic (exact) mass is 310 g/mol. The van der Waals surface area contributed by atoms with E-state index in [1.807, 2.05) is 0 Å². The molecular weight excluding hydrogens is 295 g/mol. The van der Waals surface area contributed by atoms with Gasteiger partial charge >= 0.3 is 0 Å². The first-order valence-electron chi connectivity index (χ1n) is 5.70. The maximum Gasteiger partial charge on any atom is 0.154 e. The Morgan fingerprint density at radius 3 is 2.39 bits per heavy atom. The van der Waals surface area contributed by atoms with Crippen LogP contribution in [0.25, 0.3) is 0 Å². The van der Waals surface area contributed by atoms with Crippen molar-refractivity contribution in [1.82, 2.24) is 0 Å². The number of halogens is 2. The summed E-state index contributed by atoms with van der Waals surface area (Å²) in [5.74, 6) is 0.107. The molecule has 0 radical (unpaired) electrons. The molecule has 0 aliphatic heterocycles. The van der Waals surface area contributed by atoms with Gasteiger partial charge in [-0.25, -0.2) is 8.42 Å². The minimum Gasteiger partial charge on any atom is -0.396 e. The number of sulfone groups is 1. The summed E-state index contributed by atoms with van der Waals surface area (Å²) < 4.78 is 23.6. The minimum atomic E-state index is -3.13. The van der Waals surface area contributed by atoms with E-state index in [1.54, 1.807) is 18.2 Å². The zero-order chi connectivity index (χ0) is 13.6. The molecule has 1 aromatic carbocycles.